The van der Waals surface area contributed by atoms with E-state index >= 15 is 0 Å². The molecular formula is C15H23N3O3. The topological polar surface area (TPSA) is 99.6 Å². The zero-order chi connectivity index (χ0) is 16.2. The van der Waals surface area contributed by atoms with Gasteiger partial charge in [-0.1, -0.05) is 12.7 Å². The van der Waals surface area contributed by atoms with Gasteiger partial charge in [-0.3, -0.25) is 10.2 Å². The van der Waals surface area contributed by atoms with Crippen LogP contribution in [0.3, 0.4) is 0 Å². The maximum atomic E-state index is 11.3. The lowest BCUT2D eigenvalue weighted by atomic mass is 10.1. The van der Waals surface area contributed by atoms with Gasteiger partial charge in [-0.05, 0) is 20.3 Å². The number of amidine groups is 1. The van der Waals surface area contributed by atoms with Crippen molar-refractivity contribution in [1.29, 1.82) is 5.41 Å². The standard InChI is InChI=1S/C15H23N3O3/c1-5-11-9(2)18(8-12(11)10(3)19)13(15(16)17)6-7-14(20)21-4/h5,13,19H,2,6-8H2,1,3-4H3,(H3,16,17)/b11-5-,12-10+. The molecule has 0 aliphatic carbocycles. The third kappa shape index (κ3) is 3.65. The molecule has 1 fully saturated rings. The van der Waals surface area contributed by atoms with Crippen molar-refractivity contribution >= 4 is 11.8 Å². The molecule has 1 atom stereocenters. The number of methoxy groups -OCH3 is 1. The van der Waals surface area contributed by atoms with E-state index in [1.807, 2.05) is 17.9 Å². The van der Waals surface area contributed by atoms with E-state index in [1.165, 1.54) is 7.11 Å². The summed E-state index contributed by atoms with van der Waals surface area (Å²) in [7, 11) is 1.33. The number of allylic oxidation sites excluding steroid dienone is 3. The quantitative estimate of drug-likeness (QED) is 0.311. The number of aliphatic hydroxyl groups is 1. The van der Waals surface area contributed by atoms with Crippen molar-refractivity contribution in [1.82, 2.24) is 4.90 Å². The van der Waals surface area contributed by atoms with E-state index in [0.29, 0.717) is 18.7 Å². The van der Waals surface area contributed by atoms with Crippen LogP contribution in [0.1, 0.15) is 26.7 Å². The van der Waals surface area contributed by atoms with Gasteiger partial charge in [-0.25, -0.2) is 0 Å². The van der Waals surface area contributed by atoms with Gasteiger partial charge in [-0.2, -0.15) is 0 Å². The van der Waals surface area contributed by atoms with Crippen LogP contribution in [0.4, 0.5) is 0 Å². The van der Waals surface area contributed by atoms with Crippen molar-refractivity contribution in [3.05, 3.63) is 35.3 Å². The highest BCUT2D eigenvalue weighted by atomic mass is 16.5. The summed E-state index contributed by atoms with van der Waals surface area (Å²) >= 11 is 0. The van der Waals surface area contributed by atoms with Gasteiger partial charge in [-0.15, -0.1) is 0 Å². The lowest BCUT2D eigenvalue weighted by Crippen LogP contribution is -2.42. The maximum absolute atomic E-state index is 11.3. The van der Waals surface area contributed by atoms with Gasteiger partial charge in [0.25, 0.3) is 0 Å². The van der Waals surface area contributed by atoms with Gasteiger partial charge in [0.1, 0.15) is 5.84 Å². The summed E-state index contributed by atoms with van der Waals surface area (Å²) in [5.74, 6) is -0.152. The lowest BCUT2D eigenvalue weighted by molar-refractivity contribution is -0.140. The predicted molar refractivity (Wildman–Crippen MR) is 81.9 cm³/mol. The Morgan fingerprint density at radius 2 is 2.29 bits per heavy atom. The highest BCUT2D eigenvalue weighted by molar-refractivity contribution is 5.84. The number of hydrogen-bond donors (Lipinski definition) is 3. The Kier molecular flexibility index (Phi) is 5.58. The number of ether oxygens (including phenoxy) is 1. The van der Waals surface area contributed by atoms with Crippen molar-refractivity contribution in [2.24, 2.45) is 5.73 Å². The van der Waals surface area contributed by atoms with Crippen molar-refractivity contribution in [2.75, 3.05) is 13.7 Å². The average Bonchev–Trinajstić information content (AvgIpc) is 2.75. The fourth-order valence-corrected chi connectivity index (χ4v) is 2.46. The van der Waals surface area contributed by atoms with E-state index in [9.17, 15) is 9.90 Å². The van der Waals surface area contributed by atoms with Crippen LogP contribution >= 0.6 is 0 Å². The minimum absolute atomic E-state index is 0.0349. The summed E-state index contributed by atoms with van der Waals surface area (Å²) in [5.41, 5.74) is 7.98. The van der Waals surface area contributed by atoms with Gasteiger partial charge in [0, 0.05) is 29.8 Å². The molecule has 0 bridgehead atoms. The highest BCUT2D eigenvalue weighted by Crippen LogP contribution is 2.34. The maximum Gasteiger partial charge on any atom is 0.305 e. The fourth-order valence-electron chi connectivity index (χ4n) is 2.46. The Bertz CT molecular complexity index is 516. The molecule has 6 nitrogen and oxygen atoms in total. The molecule has 116 valence electrons. The Hall–Kier alpha value is -2.24. The van der Waals surface area contributed by atoms with E-state index in [4.69, 9.17) is 11.1 Å². The van der Waals surface area contributed by atoms with Crippen molar-refractivity contribution in [3.8, 4) is 0 Å². The van der Waals surface area contributed by atoms with E-state index in [1.54, 1.807) is 6.92 Å². The third-order valence-corrected chi connectivity index (χ3v) is 3.62. The molecular weight excluding hydrogens is 270 g/mol. The summed E-state index contributed by atoms with van der Waals surface area (Å²) in [5, 5.41) is 17.5. The van der Waals surface area contributed by atoms with Crippen LogP contribution in [0, 0.1) is 5.41 Å². The number of nitrogens with two attached hydrogens (primary N) is 1. The number of hydrogen-bond acceptors (Lipinski definition) is 5. The van der Waals surface area contributed by atoms with E-state index < -0.39 is 6.04 Å². The van der Waals surface area contributed by atoms with Crippen molar-refractivity contribution in [2.45, 2.75) is 32.7 Å². The Labute approximate surface area is 125 Å². The minimum atomic E-state index is -0.441. The highest BCUT2D eigenvalue weighted by Gasteiger charge is 2.33. The molecule has 1 aliphatic heterocycles. The summed E-state index contributed by atoms with van der Waals surface area (Å²) < 4.78 is 4.62. The second-order valence-electron chi connectivity index (χ2n) is 4.93. The van der Waals surface area contributed by atoms with E-state index in [2.05, 4.69) is 11.3 Å². The molecule has 1 saturated heterocycles. The molecule has 1 heterocycles. The summed E-state index contributed by atoms with van der Waals surface area (Å²) in [6.07, 6.45) is 2.41. The summed E-state index contributed by atoms with van der Waals surface area (Å²) in [6, 6.07) is -0.441. The van der Waals surface area contributed by atoms with Crippen LogP contribution in [-0.2, 0) is 9.53 Å². The zero-order valence-corrected chi connectivity index (χ0v) is 12.8. The minimum Gasteiger partial charge on any atom is -0.512 e. The lowest BCUT2D eigenvalue weighted by Gasteiger charge is -2.28. The number of carbonyl (C=O) groups is 1. The first-order chi connectivity index (χ1) is 9.83. The Balaban J connectivity index is 3.00. The molecule has 1 aliphatic rings. The number of nitrogens with one attached hydrogen (secondary N) is 1. The molecule has 0 aromatic carbocycles. The molecule has 0 amide bonds. The van der Waals surface area contributed by atoms with Crippen LogP contribution in [0.25, 0.3) is 0 Å². The second kappa shape index (κ2) is 6.97. The number of nitrogens with zero attached hydrogens (tertiary/aromatic N) is 1. The monoisotopic (exact) mass is 293 g/mol. The Morgan fingerprint density at radius 3 is 2.67 bits per heavy atom. The number of esters is 1. The smallest absolute Gasteiger partial charge is 0.305 e. The average molecular weight is 293 g/mol. The molecule has 0 saturated carbocycles. The van der Waals surface area contributed by atoms with Crippen LogP contribution in [0.5, 0.6) is 0 Å². The number of carbonyl (C=O) groups excluding carboxylic acids is 1. The first-order valence-electron chi connectivity index (χ1n) is 6.75. The first-order valence-corrected chi connectivity index (χ1v) is 6.75. The summed E-state index contributed by atoms with van der Waals surface area (Å²) in [6.45, 7) is 7.92. The van der Waals surface area contributed by atoms with E-state index in [-0.39, 0.29) is 24.0 Å². The second-order valence-corrected chi connectivity index (χ2v) is 4.93. The number of aliphatic hydroxyl groups excluding tert-OH is 1. The van der Waals surface area contributed by atoms with Gasteiger partial charge >= 0.3 is 5.97 Å². The molecule has 0 spiro atoms. The summed E-state index contributed by atoms with van der Waals surface area (Å²) in [4.78, 5) is 13.1. The fraction of sp³-hybridized carbons (Fsp3) is 0.467. The first kappa shape index (κ1) is 16.8. The molecule has 0 aromatic heterocycles. The third-order valence-electron chi connectivity index (χ3n) is 3.62. The molecule has 21 heavy (non-hydrogen) atoms. The normalized spacial score (nSPS) is 20.6. The van der Waals surface area contributed by atoms with Crippen molar-refractivity contribution in [3.63, 3.8) is 0 Å². The Morgan fingerprint density at radius 1 is 1.67 bits per heavy atom. The number of likely N-dealkylation sites (tertiary alicyclic amines) is 1. The molecule has 0 aromatic rings. The molecule has 4 N–H and O–H groups in total. The van der Waals surface area contributed by atoms with Crippen molar-refractivity contribution < 1.29 is 14.6 Å². The van der Waals surface area contributed by atoms with E-state index in [0.717, 1.165) is 11.1 Å². The SMILES string of the molecule is C=C1C(=C/C)/C(=C(\C)O)CN1C(CCC(=O)OC)C(=N)N. The van der Waals surface area contributed by atoms with Crippen LogP contribution in [-0.4, -0.2) is 41.5 Å². The van der Waals surface area contributed by atoms with Gasteiger partial charge in [0.2, 0.25) is 0 Å². The molecule has 0 radical (unpaired) electrons. The van der Waals surface area contributed by atoms with Gasteiger partial charge in [0.05, 0.1) is 18.9 Å². The molecule has 1 unspecified atom stereocenters. The zero-order valence-electron chi connectivity index (χ0n) is 12.8. The van der Waals surface area contributed by atoms with Crippen LogP contribution in [0.15, 0.2) is 35.3 Å². The number of rotatable bonds is 5. The van der Waals surface area contributed by atoms with Crippen LogP contribution in [0.2, 0.25) is 0 Å². The van der Waals surface area contributed by atoms with Gasteiger partial charge in [0.15, 0.2) is 0 Å². The van der Waals surface area contributed by atoms with Crippen LogP contribution < -0.4 is 5.73 Å². The molecule has 6 heteroatoms. The predicted octanol–water partition coefficient (Wildman–Crippen LogP) is 1.85. The largest absolute Gasteiger partial charge is 0.512 e. The molecule has 1 rings (SSSR count). The van der Waals surface area contributed by atoms with Gasteiger partial charge < -0.3 is 20.5 Å².